The molecule has 2 nitrogen and oxygen atoms in total. The Balaban J connectivity index is 3.35. The predicted octanol–water partition coefficient (Wildman–Crippen LogP) is 5.26. The Morgan fingerprint density at radius 2 is 1.11 bits per heavy atom. The van der Waals surface area contributed by atoms with E-state index in [1.54, 1.807) is 0 Å². The zero-order valence-corrected chi connectivity index (χ0v) is 13.2. The molecule has 0 bridgehead atoms. The lowest BCUT2D eigenvalue weighted by Crippen LogP contribution is -2.24. The van der Waals surface area contributed by atoms with Crippen LogP contribution >= 0.6 is 0 Å². The summed E-state index contributed by atoms with van der Waals surface area (Å²) >= 11 is 0. The summed E-state index contributed by atoms with van der Waals surface area (Å²) in [7, 11) is 0. The second-order valence-corrected chi connectivity index (χ2v) is 5.87. The predicted molar refractivity (Wildman–Crippen MR) is 81.9 cm³/mol. The summed E-state index contributed by atoms with van der Waals surface area (Å²) in [5.41, 5.74) is 0. The van der Waals surface area contributed by atoms with E-state index in [4.69, 9.17) is 0 Å². The summed E-state index contributed by atoms with van der Waals surface area (Å²) in [6.07, 6.45) is 13.2. The van der Waals surface area contributed by atoms with E-state index < -0.39 is 12.2 Å². The number of rotatable bonds is 14. The van der Waals surface area contributed by atoms with Crippen LogP contribution in [0.3, 0.4) is 0 Å². The third-order valence-corrected chi connectivity index (χ3v) is 3.87. The number of aliphatic hydroxyl groups is 1. The summed E-state index contributed by atoms with van der Waals surface area (Å²) in [5, 5.41) is 21.6. The minimum Gasteiger partial charge on any atom is -0.390 e. The van der Waals surface area contributed by atoms with Crippen LogP contribution in [-0.4, -0.2) is 17.3 Å². The van der Waals surface area contributed by atoms with E-state index >= 15 is 0 Å². The fourth-order valence-corrected chi connectivity index (χ4v) is 2.46. The Morgan fingerprint density at radius 3 is 1.63 bits per heavy atom. The summed E-state index contributed by atoms with van der Waals surface area (Å²) in [6, 6.07) is 0. The van der Waals surface area contributed by atoms with Crippen LogP contribution in [0.25, 0.3) is 0 Å². The fraction of sp³-hybridized carbons (Fsp3) is 1.00. The Bertz CT molecular complexity index is 171. The topological polar surface area (TPSA) is 40.1 Å². The fourth-order valence-electron chi connectivity index (χ4n) is 2.46. The quantitative estimate of drug-likeness (QED) is 0.430. The Labute approximate surface area is 120 Å². The van der Waals surface area contributed by atoms with E-state index in [1.807, 2.05) is 0 Å². The van der Waals surface area contributed by atoms with Gasteiger partial charge in [0.05, 0.1) is 6.10 Å². The molecule has 0 saturated carbocycles. The van der Waals surface area contributed by atoms with Crippen molar-refractivity contribution >= 4 is 0 Å². The Hall–Kier alpha value is -0.0800. The Morgan fingerprint density at radius 1 is 0.684 bits per heavy atom. The second-order valence-electron chi connectivity index (χ2n) is 5.87. The van der Waals surface area contributed by atoms with Gasteiger partial charge in [0.1, 0.15) is 6.10 Å². The smallest absolute Gasteiger partial charge is 0.119 e. The lowest BCUT2D eigenvalue weighted by Gasteiger charge is -2.15. The average molecular weight is 271 g/mol. The largest absolute Gasteiger partial charge is 0.390 e. The molecular weight excluding hydrogens is 236 g/mol. The van der Waals surface area contributed by atoms with Crippen LogP contribution in [0.1, 0.15) is 97.3 Å². The number of aliphatic hydroxyl groups excluding tert-OH is 1. The van der Waals surface area contributed by atoms with Gasteiger partial charge in [0, 0.05) is 0 Å². The zero-order valence-electron chi connectivity index (χ0n) is 13.2. The lowest BCUT2D eigenvalue weighted by molar-refractivity contribution is -0.0354. The third kappa shape index (κ3) is 12.7. The molecule has 0 aliphatic heterocycles. The van der Waals surface area contributed by atoms with Gasteiger partial charge in [0.15, 0.2) is 0 Å². The molecule has 1 N–H and O–H groups in total. The van der Waals surface area contributed by atoms with Gasteiger partial charge in [-0.25, -0.2) is 5.11 Å². The maximum Gasteiger partial charge on any atom is 0.119 e. The molecule has 2 heteroatoms. The minimum atomic E-state index is -0.752. The monoisotopic (exact) mass is 271 g/mol. The summed E-state index contributed by atoms with van der Waals surface area (Å²) < 4.78 is 0. The number of unbranched alkanes of at least 4 members (excludes halogenated alkanes) is 9. The molecule has 0 spiro atoms. The van der Waals surface area contributed by atoms with Gasteiger partial charge < -0.3 is 5.11 Å². The molecule has 19 heavy (non-hydrogen) atoms. The highest BCUT2D eigenvalue weighted by Gasteiger charge is 2.16. The first kappa shape index (κ1) is 18.9. The SMILES string of the molecule is CCCCCCCCC([O])C(O)CCCCCCC. The molecule has 0 aromatic heterocycles. The highest BCUT2D eigenvalue weighted by atomic mass is 16.3. The first-order valence-corrected chi connectivity index (χ1v) is 8.56. The van der Waals surface area contributed by atoms with Crippen LogP contribution in [-0.2, 0) is 5.11 Å². The van der Waals surface area contributed by atoms with Crippen molar-refractivity contribution in [3.05, 3.63) is 0 Å². The molecule has 0 aromatic carbocycles. The van der Waals surface area contributed by atoms with Gasteiger partial charge in [-0.15, -0.1) is 0 Å². The molecule has 0 fully saturated rings. The van der Waals surface area contributed by atoms with Crippen molar-refractivity contribution in [1.29, 1.82) is 0 Å². The number of hydrogen-bond acceptors (Lipinski definition) is 1. The van der Waals surface area contributed by atoms with Crippen LogP contribution in [0.2, 0.25) is 0 Å². The first-order chi connectivity index (χ1) is 9.22. The van der Waals surface area contributed by atoms with E-state index in [0.29, 0.717) is 12.8 Å². The van der Waals surface area contributed by atoms with Crippen molar-refractivity contribution in [2.24, 2.45) is 0 Å². The van der Waals surface area contributed by atoms with Crippen molar-refractivity contribution in [3.8, 4) is 0 Å². The molecule has 0 aromatic rings. The zero-order chi connectivity index (χ0) is 14.3. The molecule has 0 aliphatic carbocycles. The summed E-state index contributed by atoms with van der Waals surface area (Å²) in [5.74, 6) is 0. The van der Waals surface area contributed by atoms with Gasteiger partial charge in [-0.05, 0) is 12.8 Å². The first-order valence-electron chi connectivity index (χ1n) is 8.56. The van der Waals surface area contributed by atoms with E-state index in [1.165, 1.54) is 44.9 Å². The number of hydrogen-bond donors (Lipinski definition) is 1. The maximum absolute atomic E-state index is 11.8. The van der Waals surface area contributed by atoms with Crippen molar-refractivity contribution in [2.75, 3.05) is 0 Å². The van der Waals surface area contributed by atoms with Crippen molar-refractivity contribution in [2.45, 2.75) is 110 Å². The third-order valence-electron chi connectivity index (χ3n) is 3.87. The minimum absolute atomic E-state index is 0.614. The van der Waals surface area contributed by atoms with Crippen LogP contribution in [0.5, 0.6) is 0 Å². The van der Waals surface area contributed by atoms with Crippen LogP contribution < -0.4 is 0 Å². The molecule has 115 valence electrons. The van der Waals surface area contributed by atoms with E-state index in [0.717, 1.165) is 25.7 Å². The van der Waals surface area contributed by atoms with E-state index in [9.17, 15) is 10.2 Å². The molecule has 0 heterocycles. The molecule has 2 unspecified atom stereocenters. The van der Waals surface area contributed by atoms with Gasteiger partial charge in [-0.2, -0.15) is 0 Å². The lowest BCUT2D eigenvalue weighted by atomic mass is 10.00. The molecule has 0 rings (SSSR count). The Kier molecular flexibility index (Phi) is 14.3. The van der Waals surface area contributed by atoms with Crippen LogP contribution in [0, 0.1) is 0 Å². The molecule has 0 amide bonds. The van der Waals surface area contributed by atoms with Gasteiger partial charge in [0.25, 0.3) is 0 Å². The maximum atomic E-state index is 11.8. The highest BCUT2D eigenvalue weighted by Crippen LogP contribution is 2.15. The second kappa shape index (κ2) is 14.3. The molecule has 0 saturated heterocycles. The normalized spacial score (nSPS) is 14.5. The molecule has 0 aliphatic rings. The molecular formula is C17H35O2. The van der Waals surface area contributed by atoms with Gasteiger partial charge in [-0.1, -0.05) is 84.5 Å². The van der Waals surface area contributed by atoms with Crippen molar-refractivity contribution in [1.82, 2.24) is 0 Å². The van der Waals surface area contributed by atoms with Crippen molar-refractivity contribution < 1.29 is 10.2 Å². The molecule has 2 atom stereocenters. The van der Waals surface area contributed by atoms with E-state index in [-0.39, 0.29) is 0 Å². The highest BCUT2D eigenvalue weighted by molar-refractivity contribution is 4.67. The summed E-state index contributed by atoms with van der Waals surface area (Å²) in [6.45, 7) is 4.41. The van der Waals surface area contributed by atoms with Gasteiger partial charge in [0.2, 0.25) is 0 Å². The van der Waals surface area contributed by atoms with Gasteiger partial charge >= 0.3 is 0 Å². The van der Waals surface area contributed by atoms with Crippen LogP contribution in [0.15, 0.2) is 0 Å². The molecule has 1 radical (unpaired) electrons. The van der Waals surface area contributed by atoms with Crippen molar-refractivity contribution in [3.63, 3.8) is 0 Å². The van der Waals surface area contributed by atoms with Crippen LogP contribution in [0.4, 0.5) is 0 Å². The standard InChI is InChI=1S/C17H35O2/c1-3-5-7-9-11-13-15-17(19)16(18)14-12-10-8-6-4-2/h16-18H,3-15H2,1-2H3. The summed E-state index contributed by atoms with van der Waals surface area (Å²) in [4.78, 5) is 0. The average Bonchev–Trinajstić information content (AvgIpc) is 2.42. The van der Waals surface area contributed by atoms with E-state index in [2.05, 4.69) is 13.8 Å². The van der Waals surface area contributed by atoms with Gasteiger partial charge in [-0.3, -0.25) is 0 Å².